The van der Waals surface area contributed by atoms with Crippen LogP contribution in [-0.4, -0.2) is 21.6 Å². The number of nitro groups is 1. The summed E-state index contributed by atoms with van der Waals surface area (Å²) in [4.78, 5) is 37.8. The zero-order valence-corrected chi connectivity index (χ0v) is 16.0. The van der Waals surface area contributed by atoms with E-state index in [9.17, 15) is 19.7 Å². The molecule has 28 heavy (non-hydrogen) atoms. The molecule has 0 radical (unpaired) electrons. The first-order chi connectivity index (χ1) is 13.1. The number of aromatic nitrogens is 1. The van der Waals surface area contributed by atoms with E-state index < -0.39 is 28.2 Å². The Kier molecular flexibility index (Phi) is 6.35. The van der Waals surface area contributed by atoms with Gasteiger partial charge in [-0.05, 0) is 44.9 Å². The predicted molar refractivity (Wildman–Crippen MR) is 106 cm³/mol. The summed E-state index contributed by atoms with van der Waals surface area (Å²) in [6.45, 7) is 8.90. The number of nitrogens with one attached hydrogen (secondary N) is 2. The molecule has 8 nitrogen and oxygen atoms in total. The highest BCUT2D eigenvalue weighted by molar-refractivity contribution is 5.73. The molecule has 2 N–H and O–H groups in total. The van der Waals surface area contributed by atoms with Gasteiger partial charge in [0.2, 0.25) is 5.56 Å². The van der Waals surface area contributed by atoms with E-state index in [-0.39, 0.29) is 5.69 Å². The number of benzene rings is 1. The Bertz CT molecular complexity index is 943. The van der Waals surface area contributed by atoms with Gasteiger partial charge in [-0.3, -0.25) is 14.9 Å². The zero-order valence-electron chi connectivity index (χ0n) is 16.0. The third kappa shape index (κ3) is 5.54. The van der Waals surface area contributed by atoms with Crippen LogP contribution in [-0.2, 0) is 4.74 Å². The molecule has 8 heteroatoms. The van der Waals surface area contributed by atoms with Crippen LogP contribution < -0.4 is 10.9 Å². The molecule has 0 saturated carbocycles. The lowest BCUT2D eigenvalue weighted by atomic mass is 10.0. The average molecular weight is 385 g/mol. The highest BCUT2D eigenvalue weighted by atomic mass is 16.6. The Hall–Kier alpha value is -3.42. The van der Waals surface area contributed by atoms with Crippen molar-refractivity contribution in [2.24, 2.45) is 0 Å². The first-order valence-electron chi connectivity index (χ1n) is 8.69. The minimum atomic E-state index is -0.678. The SMILES string of the molecule is C=CCC(NC(=O)OC(C)(C)C)c1cc(-c2ccccc2[N+](=O)[O-])cc(=O)[nH]1. The van der Waals surface area contributed by atoms with Crippen LogP contribution in [0.25, 0.3) is 11.1 Å². The average Bonchev–Trinajstić information content (AvgIpc) is 2.59. The van der Waals surface area contributed by atoms with Crippen molar-refractivity contribution in [3.8, 4) is 11.1 Å². The lowest BCUT2D eigenvalue weighted by Crippen LogP contribution is -2.35. The van der Waals surface area contributed by atoms with Crippen LogP contribution in [0.3, 0.4) is 0 Å². The smallest absolute Gasteiger partial charge is 0.408 e. The molecule has 0 aliphatic heterocycles. The molecule has 0 bridgehead atoms. The summed E-state index contributed by atoms with van der Waals surface area (Å²) >= 11 is 0. The van der Waals surface area contributed by atoms with E-state index in [1.54, 1.807) is 51.1 Å². The number of carbonyl (C=O) groups excluding carboxylic acids is 1. The number of para-hydroxylation sites is 1. The van der Waals surface area contributed by atoms with E-state index in [1.807, 2.05) is 0 Å². The van der Waals surface area contributed by atoms with E-state index in [2.05, 4.69) is 16.9 Å². The van der Waals surface area contributed by atoms with Crippen molar-refractivity contribution in [3.05, 3.63) is 75.2 Å². The number of hydrogen-bond acceptors (Lipinski definition) is 5. The van der Waals surface area contributed by atoms with Gasteiger partial charge in [-0.2, -0.15) is 0 Å². The number of hydrogen-bond donors (Lipinski definition) is 2. The number of carbonyl (C=O) groups is 1. The number of H-pyrrole nitrogens is 1. The first-order valence-corrected chi connectivity index (χ1v) is 8.69. The van der Waals surface area contributed by atoms with E-state index in [1.165, 1.54) is 12.1 Å². The van der Waals surface area contributed by atoms with Crippen molar-refractivity contribution >= 4 is 11.8 Å². The van der Waals surface area contributed by atoms with Gasteiger partial charge >= 0.3 is 6.09 Å². The molecule has 0 spiro atoms. The Morgan fingerprint density at radius 1 is 1.36 bits per heavy atom. The molecule has 0 saturated heterocycles. The third-order valence-electron chi connectivity index (χ3n) is 3.75. The van der Waals surface area contributed by atoms with Crippen LogP contribution in [0.5, 0.6) is 0 Å². The molecule has 1 amide bonds. The topological polar surface area (TPSA) is 114 Å². The fourth-order valence-electron chi connectivity index (χ4n) is 2.67. The molecule has 1 aromatic heterocycles. The third-order valence-corrected chi connectivity index (χ3v) is 3.75. The standard InChI is InChI=1S/C20H23N3O5/c1-5-8-15(22-19(25)28-20(2,3)4)16-11-13(12-18(24)21-16)14-9-6-7-10-17(14)23(26)27/h5-7,9-12,15H,1,8H2,2-4H3,(H,21,24)(H,22,25). The molecule has 148 valence electrons. The van der Waals surface area contributed by atoms with Crippen molar-refractivity contribution in [1.82, 2.24) is 10.3 Å². The molecule has 2 rings (SSSR count). The first kappa shape index (κ1) is 20.9. The van der Waals surface area contributed by atoms with E-state index in [0.717, 1.165) is 0 Å². The maximum absolute atomic E-state index is 12.2. The Balaban J connectivity index is 2.44. The van der Waals surface area contributed by atoms with E-state index in [4.69, 9.17) is 4.74 Å². The van der Waals surface area contributed by atoms with Crippen LogP contribution >= 0.6 is 0 Å². The summed E-state index contributed by atoms with van der Waals surface area (Å²) in [5, 5.41) is 14.0. The summed E-state index contributed by atoms with van der Waals surface area (Å²) in [5.74, 6) is 0. The Morgan fingerprint density at radius 2 is 2.04 bits per heavy atom. The Labute approximate surface area is 162 Å². The normalized spacial score (nSPS) is 12.1. The summed E-state index contributed by atoms with van der Waals surface area (Å²) in [6, 6.07) is 8.43. The number of nitrogens with zero attached hydrogens (tertiary/aromatic N) is 1. The second-order valence-electron chi connectivity index (χ2n) is 7.19. The van der Waals surface area contributed by atoms with Crippen molar-refractivity contribution in [1.29, 1.82) is 0 Å². The molecular formula is C20H23N3O5. The minimum Gasteiger partial charge on any atom is -0.444 e. The summed E-state index contributed by atoms with van der Waals surface area (Å²) in [7, 11) is 0. The van der Waals surface area contributed by atoms with Crippen molar-refractivity contribution < 1.29 is 14.5 Å². The molecule has 0 aliphatic rings. The molecule has 2 aromatic rings. The highest BCUT2D eigenvalue weighted by Crippen LogP contribution is 2.30. The van der Waals surface area contributed by atoms with Crippen molar-refractivity contribution in [3.63, 3.8) is 0 Å². The van der Waals surface area contributed by atoms with E-state index in [0.29, 0.717) is 23.2 Å². The minimum absolute atomic E-state index is 0.112. The predicted octanol–water partition coefficient (Wildman–Crippen LogP) is 4.09. The molecule has 1 unspecified atom stereocenters. The van der Waals surface area contributed by atoms with Gasteiger partial charge in [-0.1, -0.05) is 18.2 Å². The second kappa shape index (κ2) is 8.51. The number of nitro benzene ring substituents is 1. The largest absolute Gasteiger partial charge is 0.444 e. The van der Waals surface area contributed by atoms with Gasteiger partial charge in [-0.15, -0.1) is 6.58 Å². The Morgan fingerprint density at radius 3 is 2.64 bits per heavy atom. The molecular weight excluding hydrogens is 362 g/mol. The van der Waals surface area contributed by atoms with Crippen LogP contribution in [0.4, 0.5) is 10.5 Å². The number of ether oxygens (including phenoxy) is 1. The lowest BCUT2D eigenvalue weighted by molar-refractivity contribution is -0.384. The number of amides is 1. The summed E-state index contributed by atoms with van der Waals surface area (Å²) in [6.07, 6.45) is 1.28. The molecule has 1 atom stereocenters. The lowest BCUT2D eigenvalue weighted by Gasteiger charge is -2.23. The van der Waals surface area contributed by atoms with E-state index >= 15 is 0 Å². The molecule has 0 fully saturated rings. The molecule has 0 aliphatic carbocycles. The molecule has 1 heterocycles. The van der Waals surface area contributed by atoms with Gasteiger partial charge in [0.25, 0.3) is 5.69 Å². The van der Waals surface area contributed by atoms with Crippen molar-refractivity contribution in [2.45, 2.75) is 38.8 Å². The monoisotopic (exact) mass is 385 g/mol. The maximum Gasteiger partial charge on any atom is 0.408 e. The van der Waals surface area contributed by atoms with Gasteiger partial charge in [0.05, 0.1) is 16.5 Å². The van der Waals surface area contributed by atoms with Gasteiger partial charge < -0.3 is 15.0 Å². The maximum atomic E-state index is 12.2. The molecule has 1 aromatic carbocycles. The van der Waals surface area contributed by atoms with Crippen molar-refractivity contribution in [2.75, 3.05) is 0 Å². The number of aromatic amines is 1. The second-order valence-corrected chi connectivity index (χ2v) is 7.19. The fourth-order valence-corrected chi connectivity index (χ4v) is 2.67. The zero-order chi connectivity index (χ0) is 20.9. The van der Waals surface area contributed by atoms with Crippen LogP contribution in [0, 0.1) is 10.1 Å². The quantitative estimate of drug-likeness (QED) is 0.441. The van der Waals surface area contributed by atoms with Gasteiger partial charge in [0, 0.05) is 17.8 Å². The van der Waals surface area contributed by atoms with Crippen LogP contribution in [0.1, 0.15) is 38.9 Å². The fraction of sp³-hybridized carbons (Fsp3) is 0.300. The van der Waals surface area contributed by atoms with Crippen LogP contribution in [0.2, 0.25) is 0 Å². The van der Waals surface area contributed by atoms with Crippen LogP contribution in [0.15, 0.2) is 53.8 Å². The highest BCUT2D eigenvalue weighted by Gasteiger charge is 2.22. The summed E-state index contributed by atoms with van der Waals surface area (Å²) < 4.78 is 5.27. The summed E-state index contributed by atoms with van der Waals surface area (Å²) in [5.41, 5.74) is -0.139. The number of rotatable bonds is 6. The van der Waals surface area contributed by atoms with Gasteiger partial charge in [0.1, 0.15) is 5.60 Å². The number of pyridine rings is 1. The number of alkyl carbamates (subject to hydrolysis) is 1. The van der Waals surface area contributed by atoms with Gasteiger partial charge in [-0.25, -0.2) is 4.79 Å². The van der Waals surface area contributed by atoms with Gasteiger partial charge in [0.15, 0.2) is 0 Å².